The van der Waals surface area contributed by atoms with Gasteiger partial charge in [-0.05, 0) is 35.4 Å². The normalized spacial score (nSPS) is 16.1. The van der Waals surface area contributed by atoms with Crippen molar-refractivity contribution in [2.75, 3.05) is 18.8 Å². The Hall–Kier alpha value is -3.69. The number of benzene rings is 3. The van der Waals surface area contributed by atoms with Crippen molar-refractivity contribution in [2.45, 2.75) is 10.8 Å². The summed E-state index contributed by atoms with van der Waals surface area (Å²) in [6, 6.07) is 22.8. The molecule has 1 aliphatic rings. The lowest BCUT2D eigenvalue weighted by atomic mass is 9.91. The summed E-state index contributed by atoms with van der Waals surface area (Å²) in [7, 11) is -8.05. The molecule has 0 saturated heterocycles. The summed E-state index contributed by atoms with van der Waals surface area (Å²) in [5, 5.41) is 11.8. The number of halogens is 1. The maximum absolute atomic E-state index is 13.4. The van der Waals surface area contributed by atoms with Gasteiger partial charge in [-0.25, -0.2) is 36.7 Å². The maximum Gasteiger partial charge on any atom is 0.265 e. The van der Waals surface area contributed by atoms with E-state index < -0.39 is 25.8 Å². The Morgan fingerprint density at radius 2 is 1.71 bits per heavy atom. The lowest BCUT2D eigenvalue weighted by Gasteiger charge is -2.20. The fraction of sp³-hybridized carbons (Fsp3) is 0.154. The van der Waals surface area contributed by atoms with Crippen LogP contribution < -0.4 is 9.86 Å². The van der Waals surface area contributed by atoms with Gasteiger partial charge in [0.2, 0.25) is 16.0 Å². The number of hydrogen-bond donors (Lipinski definition) is 2. The number of nitrogens with one attached hydrogen (secondary N) is 1. The van der Waals surface area contributed by atoms with Gasteiger partial charge in [-0.2, -0.15) is 5.10 Å². The average Bonchev–Trinajstić information content (AvgIpc) is 3.34. The summed E-state index contributed by atoms with van der Waals surface area (Å²) in [6.45, 7) is -0.0543. The molecule has 4 rings (SSSR count). The number of rotatable bonds is 7. The van der Waals surface area contributed by atoms with Crippen LogP contribution in [0.15, 0.2) is 93.9 Å². The highest BCUT2D eigenvalue weighted by atomic mass is 35.5. The summed E-state index contributed by atoms with van der Waals surface area (Å²) in [5.41, 5.74) is 2.57. The fourth-order valence-electron chi connectivity index (χ4n) is 3.90. The van der Waals surface area contributed by atoms with Crippen LogP contribution >= 0.6 is 11.6 Å². The van der Waals surface area contributed by atoms with E-state index >= 15 is 0 Å². The first-order chi connectivity index (χ1) is 18.1. The minimum absolute atomic E-state index is 0.123. The Morgan fingerprint density at radius 3 is 2.37 bits per heavy atom. The second kappa shape index (κ2) is 11.4. The largest absolute Gasteiger partial charge is 0.265 e. The van der Waals surface area contributed by atoms with E-state index in [-0.39, 0.29) is 35.4 Å². The van der Waals surface area contributed by atoms with Crippen molar-refractivity contribution < 1.29 is 16.8 Å². The van der Waals surface area contributed by atoms with E-state index in [4.69, 9.17) is 28.3 Å². The van der Waals surface area contributed by atoms with E-state index in [0.29, 0.717) is 10.7 Å². The van der Waals surface area contributed by atoms with Crippen molar-refractivity contribution in [3.63, 3.8) is 0 Å². The van der Waals surface area contributed by atoms with Crippen LogP contribution in [0.4, 0.5) is 0 Å². The van der Waals surface area contributed by atoms with E-state index in [9.17, 15) is 16.8 Å². The molecule has 0 spiro atoms. The topological polar surface area (TPSA) is 134 Å². The van der Waals surface area contributed by atoms with Gasteiger partial charge in [0.25, 0.3) is 10.0 Å². The third kappa shape index (κ3) is 6.59. The predicted octanol–water partition coefficient (Wildman–Crippen LogP) is 2.75. The summed E-state index contributed by atoms with van der Waals surface area (Å²) < 4.78 is 52.2. The van der Waals surface area contributed by atoms with Gasteiger partial charge in [-0.3, -0.25) is 0 Å². The molecule has 1 aliphatic heterocycles. The molecule has 1 atom stereocenters. The monoisotopic (exact) mass is 569 g/mol. The van der Waals surface area contributed by atoms with Crippen LogP contribution in [0.3, 0.4) is 0 Å². The number of aliphatic imine (C=N–C) groups is 1. The smallest absolute Gasteiger partial charge is 0.250 e. The Kier molecular flexibility index (Phi) is 8.18. The van der Waals surface area contributed by atoms with Gasteiger partial charge >= 0.3 is 0 Å². The molecule has 3 aromatic carbocycles. The van der Waals surface area contributed by atoms with Crippen molar-refractivity contribution in [3.05, 3.63) is 101 Å². The molecule has 0 aromatic heterocycles. The van der Waals surface area contributed by atoms with Crippen LogP contribution in [0.2, 0.25) is 5.02 Å². The van der Waals surface area contributed by atoms with Crippen molar-refractivity contribution in [2.24, 2.45) is 15.2 Å². The van der Waals surface area contributed by atoms with Gasteiger partial charge in [0.15, 0.2) is 0 Å². The van der Waals surface area contributed by atoms with Crippen LogP contribution in [-0.2, 0) is 20.0 Å². The van der Waals surface area contributed by atoms with Crippen LogP contribution in [0.5, 0.6) is 0 Å². The lowest BCUT2D eigenvalue weighted by molar-refractivity contribution is 0.461. The molecule has 0 amide bonds. The summed E-state index contributed by atoms with van der Waals surface area (Å²) >= 11 is 6.08. The van der Waals surface area contributed by atoms with Gasteiger partial charge in [0.05, 0.1) is 24.6 Å². The first-order valence-corrected chi connectivity index (χ1v) is 15.0. The Morgan fingerprint density at radius 1 is 1.05 bits per heavy atom. The molecule has 0 unspecified atom stereocenters. The van der Waals surface area contributed by atoms with E-state index in [1.165, 1.54) is 17.1 Å². The van der Waals surface area contributed by atoms with Gasteiger partial charge < -0.3 is 0 Å². The molecule has 12 heteroatoms. The fourth-order valence-corrected chi connectivity index (χ4v) is 5.57. The van der Waals surface area contributed by atoms with Gasteiger partial charge in [0.1, 0.15) is 4.90 Å². The number of hydrogen-bond acceptors (Lipinski definition) is 6. The van der Waals surface area contributed by atoms with E-state index in [1.54, 1.807) is 24.3 Å². The number of guanidine groups is 1. The third-order valence-corrected chi connectivity index (χ3v) is 8.09. The molecule has 196 valence electrons. The van der Waals surface area contributed by atoms with E-state index in [2.05, 4.69) is 15.6 Å². The summed E-state index contributed by atoms with van der Waals surface area (Å²) in [6.07, 6.45) is 5.51. The molecule has 3 aromatic rings. The Labute approximate surface area is 227 Å². The SMILES string of the molecule is C#Cc1ccccc1S(=O)(=O)NC(=NCCS(N)(=O)=O)N1C[C@@H](c2ccccc2)C(c2ccc(Cl)cc2)=N1. The summed E-state index contributed by atoms with van der Waals surface area (Å²) in [4.78, 5) is 4.12. The minimum atomic E-state index is -4.21. The Bertz CT molecular complexity index is 1630. The second-order valence-corrected chi connectivity index (χ2v) is 12.2. The van der Waals surface area contributed by atoms with Crippen LogP contribution in [0, 0.1) is 12.3 Å². The predicted molar refractivity (Wildman–Crippen MR) is 149 cm³/mol. The van der Waals surface area contributed by atoms with Crippen LogP contribution in [-0.4, -0.2) is 52.4 Å². The van der Waals surface area contributed by atoms with Crippen LogP contribution in [0.1, 0.15) is 22.6 Å². The molecular weight excluding hydrogens is 546 g/mol. The number of sulfonamides is 2. The number of nitrogens with two attached hydrogens (primary N) is 1. The van der Waals surface area contributed by atoms with Crippen molar-refractivity contribution in [1.29, 1.82) is 0 Å². The number of primary sulfonamides is 1. The number of nitrogens with zero attached hydrogens (tertiary/aromatic N) is 3. The molecule has 0 bridgehead atoms. The van der Waals surface area contributed by atoms with Gasteiger partial charge in [-0.15, -0.1) is 6.42 Å². The lowest BCUT2D eigenvalue weighted by Crippen LogP contribution is -2.42. The van der Waals surface area contributed by atoms with E-state index in [1.807, 2.05) is 42.5 Å². The molecule has 0 saturated carbocycles. The zero-order valence-corrected chi connectivity index (χ0v) is 22.4. The molecule has 3 N–H and O–H groups in total. The summed E-state index contributed by atoms with van der Waals surface area (Å²) in [5.74, 6) is 1.47. The number of hydrazone groups is 1. The zero-order chi connectivity index (χ0) is 27.3. The van der Waals surface area contributed by atoms with Crippen molar-refractivity contribution in [3.8, 4) is 12.3 Å². The molecule has 9 nitrogen and oxygen atoms in total. The minimum Gasteiger partial charge on any atom is -0.250 e. The van der Waals surface area contributed by atoms with Crippen molar-refractivity contribution >= 4 is 43.3 Å². The molecule has 38 heavy (non-hydrogen) atoms. The standard InChI is InChI=1S/C26H24ClN5O4S2/c1-2-19-8-6-7-11-24(19)38(35,36)31-26(29-16-17-37(28,33)34)32-18-23(20-9-4-3-5-10-20)25(30-32)21-12-14-22(27)15-13-21/h1,3-15,23H,16-18H2,(H,29,31)(H2,28,33,34)/t23-/m0/s1. The van der Waals surface area contributed by atoms with Crippen molar-refractivity contribution in [1.82, 2.24) is 9.73 Å². The molecular formula is C26H24ClN5O4S2. The third-order valence-electron chi connectivity index (χ3n) is 5.70. The maximum atomic E-state index is 13.4. The molecule has 1 heterocycles. The highest BCUT2D eigenvalue weighted by molar-refractivity contribution is 7.90. The average molecular weight is 570 g/mol. The number of terminal acetylenes is 1. The molecule has 0 fully saturated rings. The molecule has 0 aliphatic carbocycles. The first kappa shape index (κ1) is 27.3. The highest BCUT2D eigenvalue weighted by Gasteiger charge is 2.33. The quantitative estimate of drug-likeness (QED) is 0.256. The second-order valence-electron chi connectivity index (χ2n) is 8.36. The van der Waals surface area contributed by atoms with Gasteiger partial charge in [-0.1, -0.05) is 72.1 Å². The molecule has 0 radical (unpaired) electrons. The van der Waals surface area contributed by atoms with Gasteiger partial charge in [0, 0.05) is 16.5 Å². The highest BCUT2D eigenvalue weighted by Crippen LogP contribution is 2.29. The zero-order valence-electron chi connectivity index (χ0n) is 20.0. The van der Waals surface area contributed by atoms with E-state index in [0.717, 1.165) is 11.1 Å². The first-order valence-electron chi connectivity index (χ1n) is 11.4. The Balaban J connectivity index is 1.76. The van der Waals surface area contributed by atoms with Crippen LogP contribution in [0.25, 0.3) is 0 Å².